The molecule has 1 aromatic heterocycles. The van der Waals surface area contributed by atoms with Gasteiger partial charge in [0.05, 0.1) is 12.0 Å². The summed E-state index contributed by atoms with van der Waals surface area (Å²) in [6, 6.07) is 5.23. The van der Waals surface area contributed by atoms with Crippen LogP contribution in [0.3, 0.4) is 0 Å². The molecule has 2 aromatic rings. The number of rotatable bonds is 2. The molecular weight excluding hydrogens is 221 g/mol. The molecule has 0 aliphatic heterocycles. The van der Waals surface area contributed by atoms with Crippen LogP contribution in [0.25, 0.3) is 11.0 Å². The summed E-state index contributed by atoms with van der Waals surface area (Å²) in [4.78, 5) is 10.3. The van der Waals surface area contributed by atoms with Crippen LogP contribution in [0.1, 0.15) is 11.3 Å². The Labute approximate surface area is 88.7 Å². The van der Waals surface area contributed by atoms with Crippen molar-refractivity contribution in [1.29, 1.82) is 0 Å². The van der Waals surface area contributed by atoms with Crippen molar-refractivity contribution in [2.24, 2.45) is 0 Å². The number of carbonyl (C=O) groups excluding carboxylic acids is 1. The van der Waals surface area contributed by atoms with Gasteiger partial charge in [-0.05, 0) is 12.1 Å². The zero-order valence-corrected chi connectivity index (χ0v) is 8.04. The van der Waals surface area contributed by atoms with Crippen molar-refractivity contribution in [3.05, 3.63) is 35.6 Å². The van der Waals surface area contributed by atoms with E-state index in [0.717, 1.165) is 6.07 Å². The van der Waals surface area contributed by atoms with Crippen molar-refractivity contribution in [1.82, 2.24) is 0 Å². The summed E-state index contributed by atoms with van der Waals surface area (Å²) < 4.78 is 42.8. The van der Waals surface area contributed by atoms with Crippen LogP contribution in [0.5, 0.6) is 0 Å². The Morgan fingerprint density at radius 1 is 1.31 bits per heavy atom. The molecule has 1 aromatic carbocycles. The molecular formula is C11H7F3O2. The van der Waals surface area contributed by atoms with Crippen LogP contribution in [0.15, 0.2) is 28.7 Å². The standard InChI is InChI=1S/C11H7F3O2/c12-11(13,14)9-3-1-2-7-6-8(4-5-15)16-10(7)9/h1-3,5-6H,4H2. The quantitative estimate of drug-likeness (QED) is 0.739. The van der Waals surface area contributed by atoms with E-state index in [4.69, 9.17) is 4.42 Å². The second kappa shape index (κ2) is 3.66. The summed E-state index contributed by atoms with van der Waals surface area (Å²) in [7, 11) is 0. The lowest BCUT2D eigenvalue weighted by atomic mass is 10.1. The molecule has 2 nitrogen and oxygen atoms in total. The molecule has 0 aliphatic carbocycles. The average Bonchev–Trinajstić information content (AvgIpc) is 2.58. The molecule has 84 valence electrons. The topological polar surface area (TPSA) is 30.2 Å². The highest BCUT2D eigenvalue weighted by Gasteiger charge is 2.34. The largest absolute Gasteiger partial charge is 0.460 e. The number of para-hydroxylation sites is 1. The van der Waals surface area contributed by atoms with Crippen LogP contribution in [0.2, 0.25) is 0 Å². The van der Waals surface area contributed by atoms with Gasteiger partial charge in [0.25, 0.3) is 0 Å². The number of fused-ring (bicyclic) bond motifs is 1. The third-order valence-electron chi connectivity index (χ3n) is 2.19. The first-order chi connectivity index (χ1) is 7.52. The number of benzene rings is 1. The Morgan fingerprint density at radius 2 is 2.06 bits per heavy atom. The Hall–Kier alpha value is -1.78. The van der Waals surface area contributed by atoms with Gasteiger partial charge >= 0.3 is 6.18 Å². The smallest absolute Gasteiger partial charge is 0.420 e. The molecule has 1 heterocycles. The molecule has 0 fully saturated rings. The predicted molar refractivity (Wildman–Crippen MR) is 51.0 cm³/mol. The van der Waals surface area contributed by atoms with Crippen LogP contribution < -0.4 is 0 Å². The van der Waals surface area contributed by atoms with Crippen LogP contribution >= 0.6 is 0 Å². The number of aldehydes is 1. The van der Waals surface area contributed by atoms with Gasteiger partial charge in [0.2, 0.25) is 0 Å². The Bertz CT molecular complexity index is 525. The first-order valence-electron chi connectivity index (χ1n) is 4.54. The van der Waals surface area contributed by atoms with Crippen LogP contribution in [-0.2, 0) is 17.4 Å². The third kappa shape index (κ3) is 1.80. The second-order valence-corrected chi connectivity index (χ2v) is 3.31. The molecule has 2 rings (SSSR count). The van der Waals surface area contributed by atoms with Gasteiger partial charge in [-0.1, -0.05) is 12.1 Å². The Morgan fingerprint density at radius 3 is 2.69 bits per heavy atom. The summed E-state index contributed by atoms with van der Waals surface area (Å²) >= 11 is 0. The number of hydrogen-bond acceptors (Lipinski definition) is 2. The fraction of sp³-hybridized carbons (Fsp3) is 0.182. The minimum atomic E-state index is -4.45. The maximum atomic E-state index is 12.6. The molecule has 0 N–H and O–H groups in total. The zero-order valence-electron chi connectivity index (χ0n) is 8.04. The number of carbonyl (C=O) groups is 1. The molecule has 16 heavy (non-hydrogen) atoms. The summed E-state index contributed by atoms with van der Waals surface area (Å²) in [5.74, 6) is 0.238. The SMILES string of the molecule is O=CCc1cc2cccc(C(F)(F)F)c2o1. The molecule has 0 amide bonds. The Kier molecular flexibility index (Phi) is 2.46. The van der Waals surface area contributed by atoms with Gasteiger partial charge in [-0.3, -0.25) is 0 Å². The summed E-state index contributed by atoms with van der Waals surface area (Å²) in [6.45, 7) is 0. The maximum absolute atomic E-state index is 12.6. The summed E-state index contributed by atoms with van der Waals surface area (Å²) in [5, 5.41) is 0.353. The summed E-state index contributed by atoms with van der Waals surface area (Å²) in [6.07, 6.45) is -3.88. The lowest BCUT2D eigenvalue weighted by Gasteiger charge is -2.05. The highest BCUT2D eigenvalue weighted by atomic mass is 19.4. The lowest BCUT2D eigenvalue weighted by Crippen LogP contribution is -2.04. The molecule has 5 heteroatoms. The van der Waals surface area contributed by atoms with Crippen molar-refractivity contribution >= 4 is 17.3 Å². The summed E-state index contributed by atoms with van der Waals surface area (Å²) in [5.41, 5.74) is -1.03. The van der Waals surface area contributed by atoms with Crippen LogP contribution in [-0.4, -0.2) is 6.29 Å². The highest BCUT2D eigenvalue weighted by molar-refractivity contribution is 5.82. The lowest BCUT2D eigenvalue weighted by molar-refractivity contribution is -0.136. The molecule has 0 bridgehead atoms. The molecule has 0 atom stereocenters. The van der Waals surface area contributed by atoms with Crippen LogP contribution in [0.4, 0.5) is 13.2 Å². The molecule has 0 spiro atoms. The van der Waals surface area contributed by atoms with E-state index in [2.05, 4.69) is 0 Å². The number of alkyl halides is 3. The van der Waals surface area contributed by atoms with Gasteiger partial charge in [-0.25, -0.2) is 0 Å². The van der Waals surface area contributed by atoms with Crippen molar-refractivity contribution in [3.63, 3.8) is 0 Å². The minimum absolute atomic E-state index is 0.0218. The fourth-order valence-corrected chi connectivity index (χ4v) is 1.52. The van der Waals surface area contributed by atoms with Gasteiger partial charge in [0.15, 0.2) is 0 Å². The maximum Gasteiger partial charge on any atom is 0.420 e. The molecule has 0 unspecified atom stereocenters. The van der Waals surface area contributed by atoms with Gasteiger partial charge < -0.3 is 9.21 Å². The Balaban J connectivity index is 2.63. The van der Waals surface area contributed by atoms with E-state index in [1.165, 1.54) is 18.2 Å². The number of halogens is 3. The van der Waals surface area contributed by atoms with Gasteiger partial charge in [-0.15, -0.1) is 0 Å². The fourth-order valence-electron chi connectivity index (χ4n) is 1.52. The first kappa shape index (κ1) is 10.7. The van der Waals surface area contributed by atoms with E-state index >= 15 is 0 Å². The highest BCUT2D eigenvalue weighted by Crippen LogP contribution is 2.35. The van der Waals surface area contributed by atoms with Gasteiger partial charge in [0.1, 0.15) is 17.6 Å². The van der Waals surface area contributed by atoms with Crippen molar-refractivity contribution in [2.45, 2.75) is 12.6 Å². The van der Waals surface area contributed by atoms with Gasteiger partial charge in [0, 0.05) is 5.39 Å². The molecule has 0 aliphatic rings. The van der Waals surface area contributed by atoms with Crippen molar-refractivity contribution < 1.29 is 22.4 Å². The monoisotopic (exact) mass is 228 g/mol. The normalized spacial score (nSPS) is 11.9. The van der Waals surface area contributed by atoms with E-state index < -0.39 is 11.7 Å². The number of furan rings is 1. The first-order valence-corrected chi connectivity index (χ1v) is 4.54. The van der Waals surface area contributed by atoms with E-state index in [1.54, 1.807) is 0 Å². The van der Waals surface area contributed by atoms with Crippen LogP contribution in [0, 0.1) is 0 Å². The van der Waals surface area contributed by atoms with E-state index in [0.29, 0.717) is 11.7 Å². The average molecular weight is 228 g/mol. The zero-order chi connectivity index (χ0) is 11.8. The third-order valence-corrected chi connectivity index (χ3v) is 2.19. The van der Waals surface area contributed by atoms with Crippen molar-refractivity contribution in [3.8, 4) is 0 Å². The van der Waals surface area contributed by atoms with E-state index in [-0.39, 0.29) is 17.8 Å². The molecule has 0 radical (unpaired) electrons. The molecule has 0 saturated carbocycles. The van der Waals surface area contributed by atoms with E-state index in [1.807, 2.05) is 0 Å². The second-order valence-electron chi connectivity index (χ2n) is 3.31. The molecule has 0 saturated heterocycles. The van der Waals surface area contributed by atoms with Crippen molar-refractivity contribution in [2.75, 3.05) is 0 Å². The minimum Gasteiger partial charge on any atom is -0.460 e. The predicted octanol–water partition coefficient (Wildman–Crippen LogP) is 3.19. The number of hydrogen-bond donors (Lipinski definition) is 0. The van der Waals surface area contributed by atoms with E-state index in [9.17, 15) is 18.0 Å². The van der Waals surface area contributed by atoms with Gasteiger partial charge in [-0.2, -0.15) is 13.2 Å².